The van der Waals surface area contributed by atoms with Crippen LogP contribution in [-0.4, -0.2) is 60.6 Å². The number of ether oxygens (including phenoxy) is 1. The summed E-state index contributed by atoms with van der Waals surface area (Å²) in [7, 11) is 1.66. The maximum Gasteiger partial charge on any atom is 0.272 e. The molecule has 0 radical (unpaired) electrons. The molecule has 1 N–H and O–H groups in total. The molecule has 0 aliphatic carbocycles. The number of carbonyl (C=O) groups excluding carboxylic acids is 1. The van der Waals surface area contributed by atoms with E-state index in [1.54, 1.807) is 13.2 Å². The largest absolute Gasteiger partial charge is 0.497 e. The van der Waals surface area contributed by atoms with E-state index in [-0.39, 0.29) is 5.91 Å². The molecule has 1 aromatic heterocycles. The Labute approximate surface area is 154 Å². The number of nitrogens with one attached hydrogen (secondary N) is 1. The fraction of sp³-hybridized carbons (Fsp3) is 0.421. The van der Waals surface area contributed by atoms with E-state index in [4.69, 9.17) is 4.74 Å². The lowest BCUT2D eigenvalue weighted by Crippen LogP contribution is -2.49. The highest BCUT2D eigenvalue weighted by molar-refractivity contribution is 5.93. The zero-order valence-electron chi connectivity index (χ0n) is 15.3. The molecule has 0 bridgehead atoms. The number of rotatable bonds is 6. The van der Waals surface area contributed by atoms with Crippen LogP contribution in [0.15, 0.2) is 36.7 Å². The Morgan fingerprint density at radius 1 is 1.15 bits per heavy atom. The summed E-state index contributed by atoms with van der Waals surface area (Å²) in [6, 6.07) is 9.74. The number of nitrogens with zero attached hydrogens (tertiary/aromatic N) is 4. The summed E-state index contributed by atoms with van der Waals surface area (Å²) in [6.45, 7) is 5.85. The number of carbonyl (C=O) groups is 1. The second kappa shape index (κ2) is 8.51. The van der Waals surface area contributed by atoms with Crippen molar-refractivity contribution in [1.29, 1.82) is 0 Å². The third kappa shape index (κ3) is 4.22. The summed E-state index contributed by atoms with van der Waals surface area (Å²) >= 11 is 0. The van der Waals surface area contributed by atoms with Crippen molar-refractivity contribution in [3.05, 3.63) is 42.4 Å². The molecule has 0 unspecified atom stereocenters. The lowest BCUT2D eigenvalue weighted by atomic mass is 10.2. The first-order valence-corrected chi connectivity index (χ1v) is 8.95. The van der Waals surface area contributed by atoms with Crippen molar-refractivity contribution in [3.8, 4) is 5.75 Å². The topological polar surface area (TPSA) is 70.6 Å². The van der Waals surface area contributed by atoms with E-state index in [0.717, 1.165) is 37.5 Å². The zero-order chi connectivity index (χ0) is 18.4. The summed E-state index contributed by atoms with van der Waals surface area (Å²) < 4.78 is 5.20. The predicted molar refractivity (Wildman–Crippen MR) is 102 cm³/mol. The molecule has 1 aliphatic heterocycles. The lowest BCUT2D eigenvalue weighted by Gasteiger charge is -2.36. The Morgan fingerprint density at radius 3 is 2.54 bits per heavy atom. The van der Waals surface area contributed by atoms with E-state index in [1.165, 1.54) is 6.33 Å². The van der Waals surface area contributed by atoms with E-state index in [0.29, 0.717) is 24.6 Å². The molecule has 2 aromatic rings. The van der Waals surface area contributed by atoms with Crippen LogP contribution in [0, 0.1) is 0 Å². The van der Waals surface area contributed by atoms with Crippen LogP contribution in [0.1, 0.15) is 23.8 Å². The van der Waals surface area contributed by atoms with Crippen LogP contribution in [0.5, 0.6) is 5.75 Å². The molecule has 0 atom stereocenters. The second-order valence-corrected chi connectivity index (χ2v) is 6.19. The first-order chi connectivity index (χ1) is 12.7. The van der Waals surface area contributed by atoms with E-state index < -0.39 is 0 Å². The van der Waals surface area contributed by atoms with Crippen molar-refractivity contribution in [2.75, 3.05) is 50.1 Å². The molecule has 7 nitrogen and oxygen atoms in total. The van der Waals surface area contributed by atoms with Gasteiger partial charge in [0.2, 0.25) is 0 Å². The zero-order valence-corrected chi connectivity index (χ0v) is 15.3. The Kier molecular flexibility index (Phi) is 5.88. The summed E-state index contributed by atoms with van der Waals surface area (Å²) in [5.41, 5.74) is 1.59. The molecule has 138 valence electrons. The molecule has 3 rings (SSSR count). The van der Waals surface area contributed by atoms with Gasteiger partial charge in [-0.3, -0.25) is 4.79 Å². The predicted octanol–water partition coefficient (Wildman–Crippen LogP) is 2.27. The normalized spacial score (nSPS) is 14.2. The van der Waals surface area contributed by atoms with Crippen LogP contribution in [0.25, 0.3) is 0 Å². The summed E-state index contributed by atoms with van der Waals surface area (Å²) in [5, 5.41) is 3.19. The van der Waals surface area contributed by atoms with E-state index in [2.05, 4.69) is 27.1 Å². The van der Waals surface area contributed by atoms with Crippen LogP contribution in [0.4, 0.5) is 11.5 Å². The molecule has 1 aromatic carbocycles. The fourth-order valence-corrected chi connectivity index (χ4v) is 2.95. The highest BCUT2D eigenvalue weighted by Gasteiger charge is 2.23. The Morgan fingerprint density at radius 2 is 1.88 bits per heavy atom. The first kappa shape index (κ1) is 18.0. The molecule has 0 spiro atoms. The summed E-state index contributed by atoms with van der Waals surface area (Å²) in [5.74, 6) is 1.50. The van der Waals surface area contributed by atoms with E-state index in [1.807, 2.05) is 29.2 Å². The maximum atomic E-state index is 12.7. The molecule has 1 aliphatic rings. The lowest BCUT2D eigenvalue weighted by molar-refractivity contribution is 0.0740. The molecule has 0 saturated carbocycles. The standard InChI is InChI=1S/C19H25N5O2/c1-3-8-20-18-13-17(21-14-22-18)19(25)24-11-9-23(10-12-24)15-4-6-16(26-2)7-5-15/h4-7,13-14H,3,8-12H2,1-2H3,(H,20,21,22). The van der Waals surface area contributed by atoms with Crippen LogP contribution in [0.3, 0.4) is 0 Å². The average Bonchev–Trinajstić information content (AvgIpc) is 2.72. The highest BCUT2D eigenvalue weighted by atomic mass is 16.5. The Bertz CT molecular complexity index is 727. The van der Waals surface area contributed by atoms with Crippen LogP contribution >= 0.6 is 0 Å². The van der Waals surface area contributed by atoms with Gasteiger partial charge in [0.05, 0.1) is 7.11 Å². The van der Waals surface area contributed by atoms with Gasteiger partial charge < -0.3 is 19.9 Å². The number of hydrogen-bond acceptors (Lipinski definition) is 6. The van der Waals surface area contributed by atoms with Gasteiger partial charge in [0.15, 0.2) is 0 Å². The van der Waals surface area contributed by atoms with Crippen LogP contribution in [-0.2, 0) is 0 Å². The maximum absolute atomic E-state index is 12.7. The van der Waals surface area contributed by atoms with Gasteiger partial charge in [-0.25, -0.2) is 9.97 Å². The van der Waals surface area contributed by atoms with Gasteiger partial charge in [-0.15, -0.1) is 0 Å². The quantitative estimate of drug-likeness (QED) is 0.857. The molecular formula is C19H25N5O2. The minimum atomic E-state index is -0.0404. The molecule has 2 heterocycles. The van der Waals surface area contributed by atoms with Crippen molar-refractivity contribution in [1.82, 2.24) is 14.9 Å². The first-order valence-electron chi connectivity index (χ1n) is 8.95. The third-order valence-corrected chi connectivity index (χ3v) is 4.45. The highest BCUT2D eigenvalue weighted by Crippen LogP contribution is 2.21. The van der Waals surface area contributed by atoms with Gasteiger partial charge in [-0.1, -0.05) is 6.92 Å². The number of anilines is 2. The minimum Gasteiger partial charge on any atom is -0.497 e. The van der Waals surface area contributed by atoms with E-state index >= 15 is 0 Å². The van der Waals surface area contributed by atoms with Crippen molar-refractivity contribution in [2.24, 2.45) is 0 Å². The Hall–Kier alpha value is -2.83. The molecular weight excluding hydrogens is 330 g/mol. The smallest absolute Gasteiger partial charge is 0.272 e. The van der Waals surface area contributed by atoms with Crippen LogP contribution < -0.4 is 15.0 Å². The SMILES string of the molecule is CCCNc1cc(C(=O)N2CCN(c3ccc(OC)cc3)CC2)ncn1. The Balaban J connectivity index is 1.59. The fourth-order valence-electron chi connectivity index (χ4n) is 2.95. The monoisotopic (exact) mass is 355 g/mol. The second-order valence-electron chi connectivity index (χ2n) is 6.19. The van der Waals surface area contributed by atoms with Crippen LogP contribution in [0.2, 0.25) is 0 Å². The van der Waals surface area contributed by atoms with Gasteiger partial charge in [-0.2, -0.15) is 0 Å². The van der Waals surface area contributed by atoms with Gasteiger partial charge in [-0.05, 0) is 30.7 Å². The average molecular weight is 355 g/mol. The van der Waals surface area contributed by atoms with E-state index in [9.17, 15) is 4.79 Å². The van der Waals surface area contributed by atoms with Gasteiger partial charge >= 0.3 is 0 Å². The molecule has 26 heavy (non-hydrogen) atoms. The molecule has 1 amide bonds. The number of piperazine rings is 1. The number of hydrogen-bond donors (Lipinski definition) is 1. The summed E-state index contributed by atoms with van der Waals surface area (Å²) in [4.78, 5) is 25.2. The van der Waals surface area contributed by atoms with Gasteiger partial charge in [0.25, 0.3) is 5.91 Å². The van der Waals surface area contributed by atoms with Gasteiger partial charge in [0.1, 0.15) is 23.6 Å². The minimum absolute atomic E-state index is 0.0404. The number of amides is 1. The van der Waals surface area contributed by atoms with Crippen molar-refractivity contribution >= 4 is 17.4 Å². The number of methoxy groups -OCH3 is 1. The number of benzene rings is 1. The molecule has 1 saturated heterocycles. The number of aromatic nitrogens is 2. The van der Waals surface area contributed by atoms with Gasteiger partial charge in [0, 0.05) is 44.5 Å². The molecule has 7 heteroatoms. The summed E-state index contributed by atoms with van der Waals surface area (Å²) in [6.07, 6.45) is 2.44. The third-order valence-electron chi connectivity index (χ3n) is 4.45. The van der Waals surface area contributed by atoms with Crippen molar-refractivity contribution in [3.63, 3.8) is 0 Å². The molecule has 1 fully saturated rings. The van der Waals surface area contributed by atoms with Crippen molar-refractivity contribution < 1.29 is 9.53 Å². The van der Waals surface area contributed by atoms with Crippen molar-refractivity contribution in [2.45, 2.75) is 13.3 Å².